The largest absolute Gasteiger partial charge is 1.00 e. The molecule has 0 fully saturated rings. The Labute approximate surface area is 366 Å². The third kappa shape index (κ3) is 11.0. The Morgan fingerprint density at radius 2 is 1.20 bits per heavy atom. The number of carboxylic acid groups (broad SMARTS) is 1. The van der Waals surface area contributed by atoms with E-state index < -0.39 is 87.5 Å². The van der Waals surface area contributed by atoms with Gasteiger partial charge in [0.15, 0.2) is 56.1 Å². The van der Waals surface area contributed by atoms with Gasteiger partial charge in [0.2, 0.25) is 6.10 Å². The molecule has 2 aliphatic heterocycles. The van der Waals surface area contributed by atoms with Crippen molar-refractivity contribution in [3.8, 4) is 0 Å². The SMILES string of the molecule is CCOC(=O)C(CC)Cc1[nH]c(=S)n2c1C[C@H](c1c(F)c(F)cc(F)c1F)C2.O=C=O.O=COC(Cc1[nH]c(=S)n2c1C[C@H](c1c(F)c(F)cc(F)c1F)C2)C(=O)O.[Na+].[OH-]. The molecular weight excluding hydrogens is 872 g/mol. The van der Waals surface area contributed by atoms with Crippen LogP contribution in [0.4, 0.5) is 35.1 Å². The van der Waals surface area contributed by atoms with Gasteiger partial charge in [-0.2, -0.15) is 9.59 Å². The number of carbonyl (C=O) groups excluding carboxylic acids is 4. The molecule has 0 amide bonds. The standard InChI is InChI=1S/C19H20F4N2O2S.C16H12F4N2O4S.CO2.Na.H2O/c1-3-9(18(26)27-4-2)5-13-14-6-10(8-25(14)19(28)24-13)15-16(22)11(20)7-12(21)17(15)23;17-7-2-8(18)14(20)12(13(7)19)6-1-10-9(21-16(27)22(10)4-6)3-11(15(24)25)26-5-23;2-1-3;;/h7,9-10H,3-6,8H2,1-2H3,(H,24,28);2,5-6,11H,1,3-4H2,(H,21,27)(H,24,25);;;1H2/q;;;+1;/p-1/t9?,10-;6-,11?;;;/m00.../s1. The molecule has 6 rings (SSSR count). The van der Waals surface area contributed by atoms with Crippen molar-refractivity contribution in [1.82, 2.24) is 19.1 Å². The van der Waals surface area contributed by atoms with E-state index >= 15 is 0 Å². The number of halogens is 8. The number of nitrogens with one attached hydrogen (secondary N) is 2. The predicted molar refractivity (Wildman–Crippen MR) is 188 cm³/mol. The van der Waals surface area contributed by atoms with Crippen molar-refractivity contribution in [3.63, 3.8) is 0 Å². The summed E-state index contributed by atoms with van der Waals surface area (Å²) in [6.07, 6.45) is -0.498. The molecule has 0 aliphatic carbocycles. The van der Waals surface area contributed by atoms with E-state index in [1.165, 1.54) is 4.57 Å². The zero-order chi connectivity index (χ0) is 43.2. The number of rotatable bonds is 12. The first-order chi connectivity index (χ1) is 27.4. The fraction of sp³-hybridized carbons (Fsp3) is 0.389. The number of nitrogens with zero attached hydrogens (tertiary/aromatic N) is 2. The molecule has 2 aromatic carbocycles. The van der Waals surface area contributed by atoms with Crippen LogP contribution in [0.1, 0.15) is 66.0 Å². The van der Waals surface area contributed by atoms with Gasteiger partial charge in [0.05, 0.1) is 12.5 Å². The van der Waals surface area contributed by atoms with Gasteiger partial charge < -0.3 is 39.2 Å². The van der Waals surface area contributed by atoms with E-state index in [0.717, 1.165) is 0 Å². The van der Waals surface area contributed by atoms with Crippen molar-refractivity contribution in [2.45, 2.75) is 77.0 Å². The maximum Gasteiger partial charge on any atom is 1.00 e. The van der Waals surface area contributed by atoms with Crippen LogP contribution in [0, 0.1) is 62.0 Å². The maximum absolute atomic E-state index is 14.2. The number of carbonyl (C=O) groups is 3. The van der Waals surface area contributed by atoms with Gasteiger partial charge in [-0.15, -0.1) is 0 Å². The van der Waals surface area contributed by atoms with Gasteiger partial charge in [-0.25, -0.2) is 39.9 Å². The second-order valence-electron chi connectivity index (χ2n) is 12.9. The molecule has 320 valence electrons. The molecule has 60 heavy (non-hydrogen) atoms. The maximum atomic E-state index is 14.2. The molecule has 4 atom stereocenters. The number of fused-ring (bicyclic) bond motifs is 2. The Bertz CT molecular complexity index is 2330. The first kappa shape index (κ1) is 51.6. The number of hydrogen-bond acceptors (Lipinski definition) is 10. The van der Waals surface area contributed by atoms with Crippen LogP contribution >= 0.6 is 24.4 Å². The number of hydrogen-bond donors (Lipinski definition) is 3. The average molecular weight is 905 g/mol. The molecule has 4 N–H and O–H groups in total. The Kier molecular flexibility index (Phi) is 19.2. The molecule has 0 saturated carbocycles. The van der Waals surface area contributed by atoms with Gasteiger partial charge in [0.1, 0.15) is 0 Å². The van der Waals surface area contributed by atoms with Crippen LogP contribution in [0.2, 0.25) is 0 Å². The van der Waals surface area contributed by atoms with Gasteiger partial charge in [-0.3, -0.25) is 9.59 Å². The summed E-state index contributed by atoms with van der Waals surface area (Å²) in [4.78, 5) is 55.7. The normalized spacial score (nSPS) is 15.6. The summed E-state index contributed by atoms with van der Waals surface area (Å²) in [6.45, 7) is 3.89. The van der Waals surface area contributed by atoms with E-state index in [4.69, 9.17) is 43.9 Å². The van der Waals surface area contributed by atoms with Gasteiger partial charge in [-0.1, -0.05) is 6.92 Å². The summed E-state index contributed by atoms with van der Waals surface area (Å²) >= 11 is 10.4. The molecule has 0 radical (unpaired) electrons. The van der Waals surface area contributed by atoms with E-state index in [0.29, 0.717) is 40.4 Å². The molecule has 0 bridgehead atoms. The van der Waals surface area contributed by atoms with Crippen molar-refractivity contribution >= 4 is 49.0 Å². The first-order valence-electron chi connectivity index (χ1n) is 17.2. The zero-order valence-electron chi connectivity index (χ0n) is 31.7. The summed E-state index contributed by atoms with van der Waals surface area (Å²) in [6, 6.07) is 0.335. The molecule has 0 saturated heterocycles. The van der Waals surface area contributed by atoms with Gasteiger partial charge in [0.25, 0.3) is 6.47 Å². The minimum absolute atomic E-state index is 0. The van der Waals surface area contributed by atoms with Crippen molar-refractivity contribution in [1.29, 1.82) is 0 Å². The fourth-order valence-electron chi connectivity index (χ4n) is 6.97. The third-order valence-corrected chi connectivity index (χ3v) is 10.2. The summed E-state index contributed by atoms with van der Waals surface area (Å²) in [5.74, 6) is -15.4. The zero-order valence-corrected chi connectivity index (χ0v) is 35.3. The Balaban J connectivity index is 0.000000376. The van der Waals surface area contributed by atoms with Crippen LogP contribution in [-0.4, -0.2) is 67.0 Å². The minimum atomic E-state index is -1.50. The predicted octanol–water partition coefficient (Wildman–Crippen LogP) is 3.43. The molecule has 2 aliphatic rings. The smallest absolute Gasteiger partial charge is 0.870 e. The second kappa shape index (κ2) is 22.4. The van der Waals surface area contributed by atoms with Crippen molar-refractivity contribution in [2.75, 3.05) is 6.61 Å². The Morgan fingerprint density at radius 3 is 1.53 bits per heavy atom. The monoisotopic (exact) mass is 904 g/mol. The molecule has 4 heterocycles. The molecule has 4 aromatic rings. The van der Waals surface area contributed by atoms with Crippen molar-refractivity contribution in [2.24, 2.45) is 5.92 Å². The number of aromatic nitrogens is 4. The molecule has 24 heteroatoms. The number of H-pyrrole nitrogens is 2. The van der Waals surface area contributed by atoms with Crippen LogP contribution in [0.25, 0.3) is 0 Å². The molecule has 0 spiro atoms. The van der Waals surface area contributed by atoms with Gasteiger partial charge in [-0.05, 0) is 50.6 Å². The minimum Gasteiger partial charge on any atom is -0.870 e. The third-order valence-electron chi connectivity index (χ3n) is 9.60. The average Bonchev–Trinajstić information content (AvgIpc) is 3.93. The van der Waals surface area contributed by atoms with E-state index in [9.17, 15) is 49.5 Å². The Hall–Kier alpha value is -4.51. The number of benzene rings is 2. The Morgan fingerprint density at radius 1 is 0.817 bits per heavy atom. The van der Waals surface area contributed by atoms with Crippen LogP contribution in [0.15, 0.2) is 12.1 Å². The summed E-state index contributed by atoms with van der Waals surface area (Å²) < 4.78 is 124. The van der Waals surface area contributed by atoms with Crippen LogP contribution in [-0.2, 0) is 72.2 Å². The number of imidazole rings is 2. The molecule has 13 nitrogen and oxygen atoms in total. The summed E-state index contributed by atoms with van der Waals surface area (Å²) in [5.41, 5.74) is 0.740. The van der Waals surface area contributed by atoms with Crippen molar-refractivity contribution in [3.05, 3.63) is 102 Å². The summed E-state index contributed by atoms with van der Waals surface area (Å²) in [7, 11) is 0. The molecule has 2 unspecified atom stereocenters. The number of esters is 1. The van der Waals surface area contributed by atoms with E-state index in [1.54, 1.807) is 11.5 Å². The number of aromatic amines is 2. The van der Waals surface area contributed by atoms with E-state index in [1.807, 2.05) is 6.92 Å². The fourth-order valence-corrected chi connectivity index (χ4v) is 7.59. The molecule has 2 aromatic heterocycles. The number of carboxylic acids is 1. The topological polar surface area (TPSA) is 195 Å². The number of aliphatic carboxylic acids is 1. The van der Waals surface area contributed by atoms with E-state index in [-0.39, 0.29) is 109 Å². The van der Waals surface area contributed by atoms with Crippen LogP contribution < -0.4 is 29.6 Å². The first-order valence-corrected chi connectivity index (χ1v) is 18.0. The summed E-state index contributed by atoms with van der Waals surface area (Å²) in [5, 5.41) is 9.07. The number of ether oxygens (including phenoxy) is 2. The van der Waals surface area contributed by atoms with Crippen LogP contribution in [0.3, 0.4) is 0 Å². The van der Waals surface area contributed by atoms with Crippen molar-refractivity contribution < 1.29 is 109 Å². The second-order valence-corrected chi connectivity index (χ2v) is 13.7. The van der Waals surface area contributed by atoms with Gasteiger partial charge in [0, 0.05) is 83.8 Å². The quantitative estimate of drug-likeness (QED) is 0.0471. The van der Waals surface area contributed by atoms with E-state index in [2.05, 4.69) is 14.7 Å². The van der Waals surface area contributed by atoms with Crippen LogP contribution in [0.5, 0.6) is 0 Å². The molecular formula is C36H33F8N4NaO9S2. The van der Waals surface area contributed by atoms with Gasteiger partial charge >= 0.3 is 47.6 Å².